The van der Waals surface area contributed by atoms with Gasteiger partial charge in [-0.3, -0.25) is 4.79 Å². The normalized spacial score (nSPS) is 18.4. The van der Waals surface area contributed by atoms with E-state index in [1.54, 1.807) is 0 Å². The van der Waals surface area contributed by atoms with Gasteiger partial charge in [-0.25, -0.2) is 9.97 Å². The number of rotatable bonds is 6. The van der Waals surface area contributed by atoms with Crippen LogP contribution in [0.2, 0.25) is 0 Å². The molecule has 3 rings (SSSR count). The first-order chi connectivity index (χ1) is 11.2. The number of carbonyl (C=O) groups is 1. The zero-order chi connectivity index (χ0) is 16.1. The van der Waals surface area contributed by atoms with Crippen LogP contribution in [0.1, 0.15) is 44.3 Å². The Morgan fingerprint density at radius 3 is 2.65 bits per heavy atom. The van der Waals surface area contributed by atoms with Crippen molar-refractivity contribution < 1.29 is 4.79 Å². The van der Waals surface area contributed by atoms with E-state index in [4.69, 9.17) is 0 Å². The second kappa shape index (κ2) is 7.62. The van der Waals surface area contributed by atoms with Crippen molar-refractivity contribution in [3.8, 4) is 0 Å². The largest absolute Gasteiger partial charge is 0.368 e. The lowest BCUT2D eigenvalue weighted by atomic mass is 9.85. The highest BCUT2D eigenvalue weighted by Gasteiger charge is 2.24. The molecular formula is C17H27N5O. The Morgan fingerprint density at radius 1 is 1.17 bits per heavy atom. The van der Waals surface area contributed by atoms with Crippen LogP contribution in [0.3, 0.4) is 0 Å². The van der Waals surface area contributed by atoms with Crippen LogP contribution in [0.15, 0.2) is 6.07 Å². The maximum absolute atomic E-state index is 11.8. The van der Waals surface area contributed by atoms with E-state index in [9.17, 15) is 4.79 Å². The number of nitrogens with zero attached hydrogens (tertiary/aromatic N) is 3. The maximum Gasteiger partial charge on any atom is 0.223 e. The third kappa shape index (κ3) is 4.33. The van der Waals surface area contributed by atoms with E-state index in [2.05, 4.69) is 25.5 Å². The molecule has 6 heteroatoms. The summed E-state index contributed by atoms with van der Waals surface area (Å²) in [5, 5.41) is 6.29. The summed E-state index contributed by atoms with van der Waals surface area (Å²) in [5.74, 6) is 3.09. The van der Waals surface area contributed by atoms with Gasteiger partial charge in [0.1, 0.15) is 17.5 Å². The fourth-order valence-corrected chi connectivity index (χ4v) is 3.12. The standard InChI is InChI=1S/C17H27N5O/c1-13-20-15(12-16(21-13)22-10-3-2-4-11-22)18-8-9-19-17(23)14-6-5-7-14/h12,14H,2-11H2,1H3,(H,19,23)(H,18,20,21). The number of aryl methyl sites for hydroxylation is 1. The van der Waals surface area contributed by atoms with Gasteiger partial charge in [0.15, 0.2) is 0 Å². The molecular weight excluding hydrogens is 290 g/mol. The maximum atomic E-state index is 11.8. The summed E-state index contributed by atoms with van der Waals surface area (Å²) in [4.78, 5) is 23.1. The minimum Gasteiger partial charge on any atom is -0.368 e. The van der Waals surface area contributed by atoms with Gasteiger partial charge in [0.05, 0.1) is 0 Å². The van der Waals surface area contributed by atoms with E-state index >= 15 is 0 Å². The second-order valence-electron chi connectivity index (χ2n) is 6.55. The number of nitrogens with one attached hydrogen (secondary N) is 2. The Balaban J connectivity index is 1.48. The molecule has 2 fully saturated rings. The van der Waals surface area contributed by atoms with Crippen LogP contribution in [0, 0.1) is 12.8 Å². The number of piperidine rings is 1. The topological polar surface area (TPSA) is 70.2 Å². The van der Waals surface area contributed by atoms with E-state index < -0.39 is 0 Å². The minimum atomic E-state index is 0.200. The molecule has 1 aliphatic heterocycles. The summed E-state index contributed by atoms with van der Waals surface area (Å²) in [6.45, 7) is 5.41. The van der Waals surface area contributed by atoms with Crippen molar-refractivity contribution in [1.29, 1.82) is 0 Å². The number of aromatic nitrogens is 2. The van der Waals surface area contributed by atoms with Crippen LogP contribution in [0.5, 0.6) is 0 Å². The smallest absolute Gasteiger partial charge is 0.223 e. The van der Waals surface area contributed by atoms with Crippen molar-refractivity contribution >= 4 is 17.5 Å². The zero-order valence-corrected chi connectivity index (χ0v) is 14.0. The average Bonchev–Trinajstić information content (AvgIpc) is 2.50. The molecule has 0 radical (unpaired) electrons. The van der Waals surface area contributed by atoms with Crippen LogP contribution in [0.4, 0.5) is 11.6 Å². The van der Waals surface area contributed by atoms with E-state index in [0.717, 1.165) is 43.4 Å². The molecule has 126 valence electrons. The summed E-state index contributed by atoms with van der Waals surface area (Å²) in [5.41, 5.74) is 0. The number of carbonyl (C=O) groups excluding carboxylic acids is 1. The van der Waals surface area contributed by atoms with Crippen LogP contribution < -0.4 is 15.5 Å². The van der Waals surface area contributed by atoms with Crippen LogP contribution in [-0.4, -0.2) is 42.1 Å². The van der Waals surface area contributed by atoms with Crippen molar-refractivity contribution in [3.05, 3.63) is 11.9 Å². The van der Waals surface area contributed by atoms with Crippen molar-refractivity contribution in [3.63, 3.8) is 0 Å². The van der Waals surface area contributed by atoms with E-state index in [-0.39, 0.29) is 11.8 Å². The van der Waals surface area contributed by atoms with Crippen molar-refractivity contribution in [1.82, 2.24) is 15.3 Å². The van der Waals surface area contributed by atoms with Gasteiger partial charge in [0.25, 0.3) is 0 Å². The molecule has 1 aliphatic carbocycles. The fraction of sp³-hybridized carbons (Fsp3) is 0.706. The molecule has 1 aromatic rings. The molecule has 0 bridgehead atoms. The molecule has 23 heavy (non-hydrogen) atoms. The highest BCUT2D eigenvalue weighted by Crippen LogP contribution is 2.26. The van der Waals surface area contributed by atoms with Gasteiger partial charge in [-0.15, -0.1) is 0 Å². The molecule has 1 saturated carbocycles. The Labute approximate surface area is 138 Å². The fourth-order valence-electron chi connectivity index (χ4n) is 3.12. The number of anilines is 2. The molecule has 0 aromatic carbocycles. The number of hydrogen-bond acceptors (Lipinski definition) is 5. The van der Waals surface area contributed by atoms with Crippen molar-refractivity contribution in [2.24, 2.45) is 5.92 Å². The van der Waals surface area contributed by atoms with Crippen LogP contribution in [-0.2, 0) is 4.79 Å². The van der Waals surface area contributed by atoms with Gasteiger partial charge in [-0.2, -0.15) is 0 Å². The summed E-state index contributed by atoms with van der Waals surface area (Å²) in [7, 11) is 0. The van der Waals surface area contributed by atoms with Gasteiger partial charge < -0.3 is 15.5 Å². The quantitative estimate of drug-likeness (QED) is 0.786. The highest BCUT2D eigenvalue weighted by atomic mass is 16.1. The lowest BCUT2D eigenvalue weighted by molar-refractivity contribution is -0.127. The van der Waals surface area contributed by atoms with Crippen molar-refractivity contribution in [2.75, 3.05) is 36.4 Å². The van der Waals surface area contributed by atoms with E-state index in [1.165, 1.54) is 25.7 Å². The molecule has 1 saturated heterocycles. The lowest BCUT2D eigenvalue weighted by Gasteiger charge is -2.28. The Bertz CT molecular complexity index is 538. The average molecular weight is 317 g/mol. The van der Waals surface area contributed by atoms with Crippen molar-refractivity contribution in [2.45, 2.75) is 45.4 Å². The molecule has 1 amide bonds. The predicted octanol–water partition coefficient (Wildman–Crippen LogP) is 2.10. The van der Waals surface area contributed by atoms with Gasteiger partial charge in [0.2, 0.25) is 5.91 Å². The molecule has 1 aromatic heterocycles. The van der Waals surface area contributed by atoms with Gasteiger partial charge in [0, 0.05) is 38.2 Å². The molecule has 2 N–H and O–H groups in total. The first-order valence-corrected chi connectivity index (χ1v) is 8.84. The molecule has 2 heterocycles. The molecule has 0 unspecified atom stereocenters. The minimum absolute atomic E-state index is 0.200. The Hall–Kier alpha value is -1.85. The van der Waals surface area contributed by atoms with Crippen LogP contribution >= 0.6 is 0 Å². The molecule has 6 nitrogen and oxygen atoms in total. The third-order valence-corrected chi connectivity index (χ3v) is 4.71. The highest BCUT2D eigenvalue weighted by molar-refractivity contribution is 5.79. The molecule has 0 spiro atoms. The van der Waals surface area contributed by atoms with Crippen LogP contribution in [0.25, 0.3) is 0 Å². The summed E-state index contributed by atoms with van der Waals surface area (Å²) < 4.78 is 0. The SMILES string of the molecule is Cc1nc(NCCNC(=O)C2CCC2)cc(N2CCCCC2)n1. The first kappa shape index (κ1) is 16.0. The Morgan fingerprint density at radius 2 is 1.96 bits per heavy atom. The monoisotopic (exact) mass is 317 g/mol. The lowest BCUT2D eigenvalue weighted by Crippen LogP contribution is -2.37. The van der Waals surface area contributed by atoms with E-state index in [0.29, 0.717) is 13.1 Å². The first-order valence-electron chi connectivity index (χ1n) is 8.84. The van der Waals surface area contributed by atoms with Gasteiger partial charge in [-0.05, 0) is 39.0 Å². The number of amides is 1. The van der Waals surface area contributed by atoms with E-state index in [1.807, 2.05) is 13.0 Å². The summed E-state index contributed by atoms with van der Waals surface area (Å²) >= 11 is 0. The summed E-state index contributed by atoms with van der Waals surface area (Å²) in [6.07, 6.45) is 7.06. The second-order valence-corrected chi connectivity index (χ2v) is 6.55. The zero-order valence-electron chi connectivity index (χ0n) is 14.0. The molecule has 0 atom stereocenters. The number of hydrogen-bond donors (Lipinski definition) is 2. The third-order valence-electron chi connectivity index (χ3n) is 4.71. The van der Waals surface area contributed by atoms with Gasteiger partial charge >= 0.3 is 0 Å². The van der Waals surface area contributed by atoms with Gasteiger partial charge in [-0.1, -0.05) is 6.42 Å². The molecule has 2 aliphatic rings. The predicted molar refractivity (Wildman–Crippen MR) is 91.7 cm³/mol. The Kier molecular flexibility index (Phi) is 5.31. The summed E-state index contributed by atoms with van der Waals surface area (Å²) in [6, 6.07) is 2.02.